The highest BCUT2D eigenvalue weighted by atomic mass is 35.5. The molecule has 6 nitrogen and oxygen atoms in total. The Morgan fingerprint density at radius 1 is 1.18 bits per heavy atom. The van der Waals surface area contributed by atoms with Gasteiger partial charge in [-0.1, -0.05) is 46.6 Å². The number of halogens is 2. The van der Waals surface area contributed by atoms with Crippen LogP contribution in [0.25, 0.3) is 0 Å². The second-order valence-electron chi connectivity index (χ2n) is 6.79. The fraction of sp³-hybridized carbons (Fsp3) is 0.263. The third-order valence-corrected chi connectivity index (χ3v) is 6.77. The molecule has 1 saturated carbocycles. The molecule has 1 fully saturated rings. The molecule has 0 bridgehead atoms. The van der Waals surface area contributed by atoms with E-state index < -0.39 is 10.0 Å². The molecule has 9 heteroatoms. The number of nitrogens with one attached hydrogen (secondary N) is 1. The number of anilines is 1. The predicted molar refractivity (Wildman–Crippen MR) is 108 cm³/mol. The second-order valence-corrected chi connectivity index (χ2v) is 9.26. The van der Waals surface area contributed by atoms with Gasteiger partial charge in [-0.05, 0) is 49.1 Å². The number of nitrogens with zero attached hydrogens (tertiary/aromatic N) is 2. The summed E-state index contributed by atoms with van der Waals surface area (Å²) in [7, 11) is -3.90. The quantitative estimate of drug-likeness (QED) is 0.589. The Kier molecular flexibility index (Phi) is 5.07. The van der Waals surface area contributed by atoms with Crippen molar-refractivity contribution >= 4 is 38.9 Å². The minimum atomic E-state index is -3.90. The SMILES string of the molecule is Cc1cc(S(=O)(=O)Nc2ccccc2Cc2nc(C3CC3)no2)c(Cl)cc1Cl. The van der Waals surface area contributed by atoms with E-state index in [2.05, 4.69) is 14.9 Å². The zero-order valence-corrected chi connectivity index (χ0v) is 17.3. The van der Waals surface area contributed by atoms with Gasteiger partial charge in [0.15, 0.2) is 5.82 Å². The Balaban J connectivity index is 1.62. The lowest BCUT2D eigenvalue weighted by atomic mass is 10.1. The summed E-state index contributed by atoms with van der Waals surface area (Å²) in [6.07, 6.45) is 2.49. The Labute approximate surface area is 172 Å². The molecular formula is C19H17Cl2N3O3S. The van der Waals surface area contributed by atoms with E-state index in [9.17, 15) is 8.42 Å². The molecule has 1 aliphatic carbocycles. The lowest BCUT2D eigenvalue weighted by Crippen LogP contribution is -2.15. The van der Waals surface area contributed by atoms with Crippen LogP contribution in [0.1, 0.15) is 41.6 Å². The molecule has 0 amide bonds. The highest BCUT2D eigenvalue weighted by molar-refractivity contribution is 7.92. The number of sulfonamides is 1. The van der Waals surface area contributed by atoms with Crippen molar-refractivity contribution in [3.05, 3.63) is 69.3 Å². The van der Waals surface area contributed by atoms with Crippen LogP contribution in [-0.2, 0) is 16.4 Å². The first-order valence-electron chi connectivity index (χ1n) is 8.72. The Morgan fingerprint density at radius 3 is 2.68 bits per heavy atom. The zero-order valence-electron chi connectivity index (χ0n) is 14.9. The number of benzene rings is 2. The van der Waals surface area contributed by atoms with Crippen LogP contribution in [0.15, 0.2) is 45.8 Å². The molecule has 28 heavy (non-hydrogen) atoms. The number of rotatable bonds is 6. The topological polar surface area (TPSA) is 85.1 Å². The zero-order chi connectivity index (χ0) is 19.9. The van der Waals surface area contributed by atoms with Gasteiger partial charge in [-0.2, -0.15) is 4.98 Å². The van der Waals surface area contributed by atoms with Gasteiger partial charge in [0.1, 0.15) is 4.90 Å². The summed E-state index contributed by atoms with van der Waals surface area (Å²) < 4.78 is 33.7. The Morgan fingerprint density at radius 2 is 1.93 bits per heavy atom. The molecule has 0 saturated heterocycles. The molecule has 1 aromatic heterocycles. The first kappa shape index (κ1) is 19.2. The van der Waals surface area contributed by atoms with Gasteiger partial charge in [0.25, 0.3) is 10.0 Å². The minimum absolute atomic E-state index is 0.0281. The van der Waals surface area contributed by atoms with Crippen molar-refractivity contribution < 1.29 is 12.9 Å². The number of aromatic nitrogens is 2. The molecule has 0 aliphatic heterocycles. The predicted octanol–water partition coefficient (Wildman–Crippen LogP) is 4.95. The van der Waals surface area contributed by atoms with E-state index in [0.717, 1.165) is 24.2 Å². The minimum Gasteiger partial charge on any atom is -0.339 e. The molecular weight excluding hydrogens is 421 g/mol. The van der Waals surface area contributed by atoms with Crippen LogP contribution >= 0.6 is 23.2 Å². The van der Waals surface area contributed by atoms with E-state index in [1.807, 2.05) is 12.1 Å². The molecule has 0 spiro atoms. The number of para-hydroxylation sites is 1. The van der Waals surface area contributed by atoms with Gasteiger partial charge in [0.05, 0.1) is 17.1 Å². The third kappa shape index (κ3) is 4.01. The molecule has 4 rings (SSSR count). The average Bonchev–Trinajstić information content (AvgIpc) is 3.39. The highest BCUT2D eigenvalue weighted by Gasteiger charge is 2.29. The van der Waals surface area contributed by atoms with Gasteiger partial charge in [-0.25, -0.2) is 8.42 Å². The summed E-state index contributed by atoms with van der Waals surface area (Å²) in [6, 6.07) is 9.95. The van der Waals surface area contributed by atoms with Crippen LogP contribution in [0.2, 0.25) is 10.0 Å². The maximum absolute atomic E-state index is 12.9. The van der Waals surface area contributed by atoms with Gasteiger partial charge in [0.2, 0.25) is 5.89 Å². The molecule has 0 atom stereocenters. The van der Waals surface area contributed by atoms with Crippen molar-refractivity contribution in [2.24, 2.45) is 0 Å². The second kappa shape index (κ2) is 7.39. The number of hydrogen-bond donors (Lipinski definition) is 1. The molecule has 0 unspecified atom stereocenters. The third-order valence-electron chi connectivity index (χ3n) is 4.53. The maximum atomic E-state index is 12.9. The van der Waals surface area contributed by atoms with Crippen molar-refractivity contribution in [3.8, 4) is 0 Å². The molecule has 3 aromatic rings. The molecule has 1 N–H and O–H groups in total. The van der Waals surface area contributed by atoms with Crippen molar-refractivity contribution in [3.63, 3.8) is 0 Å². The summed E-state index contributed by atoms with van der Waals surface area (Å²) >= 11 is 12.1. The van der Waals surface area contributed by atoms with Crippen LogP contribution in [0, 0.1) is 6.92 Å². The number of aryl methyl sites for hydroxylation is 1. The van der Waals surface area contributed by atoms with Gasteiger partial charge in [0, 0.05) is 10.9 Å². The number of hydrogen-bond acceptors (Lipinski definition) is 5. The summed E-state index contributed by atoms with van der Waals surface area (Å²) in [5.74, 6) is 1.56. The van der Waals surface area contributed by atoms with Crippen molar-refractivity contribution in [2.75, 3.05) is 4.72 Å². The van der Waals surface area contributed by atoms with Crippen molar-refractivity contribution in [2.45, 2.75) is 37.0 Å². The van der Waals surface area contributed by atoms with Gasteiger partial charge >= 0.3 is 0 Å². The molecule has 1 aliphatic rings. The molecule has 2 aromatic carbocycles. The van der Waals surface area contributed by atoms with Gasteiger partial charge < -0.3 is 4.52 Å². The van der Waals surface area contributed by atoms with Crippen LogP contribution in [0.4, 0.5) is 5.69 Å². The van der Waals surface area contributed by atoms with E-state index in [4.69, 9.17) is 27.7 Å². The van der Waals surface area contributed by atoms with Crippen molar-refractivity contribution in [1.82, 2.24) is 10.1 Å². The molecule has 0 radical (unpaired) electrons. The lowest BCUT2D eigenvalue weighted by Gasteiger charge is -2.13. The lowest BCUT2D eigenvalue weighted by molar-refractivity contribution is 0.379. The van der Waals surface area contributed by atoms with Crippen LogP contribution in [-0.4, -0.2) is 18.6 Å². The smallest absolute Gasteiger partial charge is 0.263 e. The summed E-state index contributed by atoms with van der Waals surface area (Å²) in [5, 5.41) is 4.47. The fourth-order valence-corrected chi connectivity index (χ4v) is 4.75. The highest BCUT2D eigenvalue weighted by Crippen LogP contribution is 2.38. The van der Waals surface area contributed by atoms with E-state index in [-0.39, 0.29) is 9.92 Å². The normalized spacial score (nSPS) is 14.2. The fourth-order valence-electron chi connectivity index (χ4n) is 2.82. The molecule has 146 valence electrons. The van der Waals surface area contributed by atoms with Gasteiger partial charge in [-0.3, -0.25) is 4.72 Å². The monoisotopic (exact) mass is 437 g/mol. The van der Waals surface area contributed by atoms with E-state index in [1.165, 1.54) is 12.1 Å². The maximum Gasteiger partial charge on any atom is 0.263 e. The first-order valence-corrected chi connectivity index (χ1v) is 11.0. The van der Waals surface area contributed by atoms with E-state index in [0.29, 0.717) is 34.5 Å². The Hall–Kier alpha value is -2.09. The first-order chi connectivity index (χ1) is 13.3. The average molecular weight is 438 g/mol. The van der Waals surface area contributed by atoms with Crippen LogP contribution < -0.4 is 4.72 Å². The van der Waals surface area contributed by atoms with Gasteiger partial charge in [-0.15, -0.1) is 0 Å². The largest absolute Gasteiger partial charge is 0.339 e. The van der Waals surface area contributed by atoms with Crippen molar-refractivity contribution in [1.29, 1.82) is 0 Å². The molecule has 1 heterocycles. The summed E-state index contributed by atoms with van der Waals surface area (Å²) in [5.41, 5.74) is 1.77. The van der Waals surface area contributed by atoms with E-state index >= 15 is 0 Å². The summed E-state index contributed by atoms with van der Waals surface area (Å²) in [4.78, 5) is 4.38. The van der Waals surface area contributed by atoms with Crippen LogP contribution in [0.3, 0.4) is 0 Å². The van der Waals surface area contributed by atoms with Crippen LogP contribution in [0.5, 0.6) is 0 Å². The standard InChI is InChI=1S/C19H17Cl2N3O3S/c1-11-8-17(15(21)10-14(11)20)28(25,26)24-16-5-3-2-4-13(16)9-18-22-19(23-27-18)12-6-7-12/h2-5,8,10,12,24H,6-7,9H2,1H3. The van der Waals surface area contributed by atoms with E-state index in [1.54, 1.807) is 19.1 Å². The Bertz CT molecular complexity index is 1140. The summed E-state index contributed by atoms with van der Waals surface area (Å²) in [6.45, 7) is 1.72.